The lowest BCUT2D eigenvalue weighted by Gasteiger charge is -1.95. The van der Waals surface area contributed by atoms with E-state index < -0.39 is 0 Å². The smallest absolute Gasteiger partial charge is 0.124 e. The van der Waals surface area contributed by atoms with E-state index in [-0.39, 0.29) is 0 Å². The van der Waals surface area contributed by atoms with Crippen molar-refractivity contribution in [3.8, 4) is 17.9 Å². The largest absolute Gasteiger partial charge is 0.233 e. The van der Waals surface area contributed by atoms with Gasteiger partial charge in [0.2, 0.25) is 0 Å². The molecule has 0 saturated heterocycles. The van der Waals surface area contributed by atoms with Crippen LogP contribution in [0, 0.1) is 30.1 Å². The summed E-state index contributed by atoms with van der Waals surface area (Å²) in [5, 5.41) is 12.8. The molecule has 17 heavy (non-hydrogen) atoms. The zero-order valence-corrected chi connectivity index (χ0v) is 11.2. The van der Waals surface area contributed by atoms with Gasteiger partial charge in [-0.25, -0.2) is 4.98 Å². The van der Waals surface area contributed by atoms with Crippen LogP contribution in [-0.2, 0) is 0 Å². The van der Waals surface area contributed by atoms with Crippen molar-refractivity contribution >= 4 is 25.9 Å². The highest BCUT2D eigenvalue weighted by Crippen LogP contribution is 2.07. The van der Waals surface area contributed by atoms with E-state index in [0.29, 0.717) is 5.56 Å². The van der Waals surface area contributed by atoms with Crippen LogP contribution in [0.4, 0.5) is 0 Å². The van der Waals surface area contributed by atoms with Gasteiger partial charge >= 0.3 is 0 Å². The van der Waals surface area contributed by atoms with Crippen LogP contribution in [0.25, 0.3) is 0 Å². The van der Waals surface area contributed by atoms with Gasteiger partial charge in [0.1, 0.15) is 5.69 Å². The van der Waals surface area contributed by atoms with Gasteiger partial charge in [-0.2, -0.15) is 5.26 Å². The first kappa shape index (κ1) is 11.8. The van der Waals surface area contributed by atoms with Crippen molar-refractivity contribution in [3.63, 3.8) is 0 Å². The molecule has 1 aromatic carbocycles. The van der Waals surface area contributed by atoms with Gasteiger partial charge < -0.3 is 0 Å². The number of rotatable bonds is 0. The molecule has 0 spiro atoms. The minimum absolute atomic E-state index is 0.622. The average molecular weight is 256 g/mol. The highest BCUT2D eigenvalue weighted by atomic mass is 32.1. The van der Waals surface area contributed by atoms with E-state index in [4.69, 9.17) is 5.26 Å². The quantitative estimate of drug-likeness (QED) is 0.535. The summed E-state index contributed by atoms with van der Waals surface area (Å²) in [6, 6.07) is 7.63. The van der Waals surface area contributed by atoms with Crippen LogP contribution in [0.5, 0.6) is 0 Å². The third kappa shape index (κ3) is 3.14. The minimum atomic E-state index is 0.622. The van der Waals surface area contributed by atoms with Crippen molar-refractivity contribution in [1.82, 2.24) is 4.98 Å². The number of aryl methyl sites for hydroxylation is 1. The molecule has 1 atom stereocenters. The van der Waals surface area contributed by atoms with E-state index >= 15 is 0 Å². The molecule has 1 heterocycles. The van der Waals surface area contributed by atoms with Gasteiger partial charge in [-0.15, -0.1) is 20.6 Å². The molecular formula is C13H9N2PS. The number of benzene rings is 1. The van der Waals surface area contributed by atoms with E-state index in [0.717, 1.165) is 21.6 Å². The molecule has 0 bridgehead atoms. The molecule has 0 radical (unpaired) electrons. The summed E-state index contributed by atoms with van der Waals surface area (Å²) < 4.78 is 0. The standard InChI is InChI=1S/C13H9N2PS/c1-9-15-12(8-17-9)3-2-10-4-11(7-14)6-13(16)5-10/h4-6,8H,16H2,1H3. The molecule has 0 aliphatic rings. The van der Waals surface area contributed by atoms with Crippen LogP contribution in [-0.4, -0.2) is 4.98 Å². The molecule has 2 aromatic rings. The van der Waals surface area contributed by atoms with Gasteiger partial charge in [0.25, 0.3) is 0 Å². The number of hydrogen-bond donors (Lipinski definition) is 0. The zero-order valence-electron chi connectivity index (χ0n) is 9.19. The normalized spacial score (nSPS) is 9.24. The van der Waals surface area contributed by atoms with E-state index in [1.54, 1.807) is 17.4 Å². The van der Waals surface area contributed by atoms with Crippen LogP contribution in [0.3, 0.4) is 0 Å². The van der Waals surface area contributed by atoms with Gasteiger partial charge in [0.05, 0.1) is 16.6 Å². The minimum Gasteiger partial charge on any atom is -0.233 e. The molecule has 0 fully saturated rings. The molecule has 0 amide bonds. The first-order valence-corrected chi connectivity index (χ1v) is 6.38. The first-order chi connectivity index (χ1) is 8.17. The van der Waals surface area contributed by atoms with Crippen molar-refractivity contribution in [2.75, 3.05) is 0 Å². The Morgan fingerprint density at radius 1 is 1.24 bits per heavy atom. The lowest BCUT2D eigenvalue weighted by Crippen LogP contribution is -1.93. The molecule has 2 rings (SSSR count). The van der Waals surface area contributed by atoms with Gasteiger partial charge in [0.15, 0.2) is 0 Å². The fourth-order valence-electron chi connectivity index (χ4n) is 1.35. The Labute approximate surface area is 107 Å². The highest BCUT2D eigenvalue weighted by molar-refractivity contribution is 7.27. The predicted octanol–water partition coefficient (Wildman–Crippen LogP) is 2.22. The van der Waals surface area contributed by atoms with Crippen molar-refractivity contribution in [2.24, 2.45) is 0 Å². The monoisotopic (exact) mass is 256 g/mol. The maximum atomic E-state index is 8.86. The van der Waals surface area contributed by atoms with Crippen molar-refractivity contribution < 1.29 is 0 Å². The second kappa shape index (κ2) is 5.11. The second-order valence-electron chi connectivity index (χ2n) is 3.46. The van der Waals surface area contributed by atoms with E-state index in [1.807, 2.05) is 24.4 Å². The van der Waals surface area contributed by atoms with Gasteiger partial charge in [-0.05, 0) is 36.3 Å². The summed E-state index contributed by atoms with van der Waals surface area (Å²) in [6.45, 7) is 1.95. The SMILES string of the molecule is Cc1nc(C#Cc2cc(P)cc(C#N)c2)cs1. The molecular weight excluding hydrogens is 247 g/mol. The Bertz CT molecular complexity index is 656. The van der Waals surface area contributed by atoms with Crippen LogP contribution < -0.4 is 5.30 Å². The summed E-state index contributed by atoms with van der Waals surface area (Å²) in [5.41, 5.74) is 2.23. The number of aromatic nitrogens is 1. The van der Waals surface area contributed by atoms with Gasteiger partial charge in [-0.1, -0.05) is 5.92 Å². The third-order valence-electron chi connectivity index (χ3n) is 2.04. The maximum absolute atomic E-state index is 8.86. The van der Waals surface area contributed by atoms with Gasteiger partial charge in [0, 0.05) is 10.9 Å². The Balaban J connectivity index is 2.34. The van der Waals surface area contributed by atoms with Crippen LogP contribution in [0.1, 0.15) is 21.8 Å². The maximum Gasteiger partial charge on any atom is 0.124 e. The molecule has 82 valence electrons. The third-order valence-corrected chi connectivity index (χ3v) is 3.15. The highest BCUT2D eigenvalue weighted by Gasteiger charge is 1.96. The Kier molecular flexibility index (Phi) is 3.55. The summed E-state index contributed by atoms with van der Waals surface area (Å²) in [5.74, 6) is 6.01. The van der Waals surface area contributed by atoms with E-state index in [9.17, 15) is 0 Å². The van der Waals surface area contributed by atoms with Crippen LogP contribution >= 0.6 is 20.6 Å². The van der Waals surface area contributed by atoms with Crippen LogP contribution in [0.15, 0.2) is 23.6 Å². The number of nitriles is 1. The summed E-state index contributed by atoms with van der Waals surface area (Å²) in [4.78, 5) is 4.27. The summed E-state index contributed by atoms with van der Waals surface area (Å²) in [6.07, 6.45) is 0. The van der Waals surface area contributed by atoms with E-state index in [1.165, 1.54) is 0 Å². The Hall–Kier alpha value is -1.67. The van der Waals surface area contributed by atoms with E-state index in [2.05, 4.69) is 32.1 Å². The van der Waals surface area contributed by atoms with Crippen molar-refractivity contribution in [3.05, 3.63) is 45.4 Å². The zero-order chi connectivity index (χ0) is 12.3. The Morgan fingerprint density at radius 3 is 2.65 bits per heavy atom. The molecule has 0 N–H and O–H groups in total. The molecule has 4 heteroatoms. The molecule has 2 nitrogen and oxygen atoms in total. The molecule has 0 saturated carbocycles. The fourth-order valence-corrected chi connectivity index (χ4v) is 2.25. The predicted molar refractivity (Wildman–Crippen MR) is 73.3 cm³/mol. The van der Waals surface area contributed by atoms with Crippen LogP contribution in [0.2, 0.25) is 0 Å². The van der Waals surface area contributed by atoms with Crippen molar-refractivity contribution in [2.45, 2.75) is 6.92 Å². The topological polar surface area (TPSA) is 36.7 Å². The van der Waals surface area contributed by atoms with Gasteiger partial charge in [-0.3, -0.25) is 0 Å². The number of thiazole rings is 1. The summed E-state index contributed by atoms with van der Waals surface area (Å²) in [7, 11) is 2.58. The molecule has 1 aromatic heterocycles. The second-order valence-corrected chi connectivity index (χ2v) is 5.19. The van der Waals surface area contributed by atoms with Crippen molar-refractivity contribution in [1.29, 1.82) is 5.26 Å². The first-order valence-electron chi connectivity index (χ1n) is 4.92. The lowest BCUT2D eigenvalue weighted by atomic mass is 10.1. The number of hydrogen-bond acceptors (Lipinski definition) is 3. The fraction of sp³-hybridized carbons (Fsp3) is 0.0769. The molecule has 1 unspecified atom stereocenters. The molecule has 0 aliphatic carbocycles. The Morgan fingerprint density at radius 2 is 2.00 bits per heavy atom. The lowest BCUT2D eigenvalue weighted by molar-refractivity contribution is 1.27. The average Bonchev–Trinajstić information content (AvgIpc) is 2.72. The molecule has 0 aliphatic heterocycles. The summed E-state index contributed by atoms with van der Waals surface area (Å²) >= 11 is 1.58. The number of nitrogens with zero attached hydrogens (tertiary/aromatic N) is 2.